The van der Waals surface area contributed by atoms with Gasteiger partial charge in [-0.05, 0) is 79.7 Å². The monoisotopic (exact) mass is 466 g/mol. The number of methoxy groups -OCH3 is 1. The SMILES string of the molecule is COc1ccc(-c2ccc(N)c(NC(=O)c3ccc(NC(=O)O)c(CCN(C)C)c3)c2)cc1F. The number of nitrogen functional groups attached to an aromatic ring is 1. The van der Waals surface area contributed by atoms with Gasteiger partial charge in [-0.25, -0.2) is 9.18 Å². The van der Waals surface area contributed by atoms with Crippen LogP contribution in [0.15, 0.2) is 54.6 Å². The summed E-state index contributed by atoms with van der Waals surface area (Å²) in [6.45, 7) is 0.673. The summed E-state index contributed by atoms with van der Waals surface area (Å²) in [5.41, 5.74) is 9.53. The summed E-state index contributed by atoms with van der Waals surface area (Å²) in [5, 5.41) is 14.3. The number of nitrogens with zero attached hydrogens (tertiary/aromatic N) is 1. The molecule has 0 aromatic heterocycles. The summed E-state index contributed by atoms with van der Waals surface area (Å²) in [6.07, 6.45) is -0.632. The zero-order valence-electron chi connectivity index (χ0n) is 19.2. The van der Waals surface area contributed by atoms with Crippen molar-refractivity contribution in [2.24, 2.45) is 0 Å². The summed E-state index contributed by atoms with van der Waals surface area (Å²) in [5.74, 6) is -0.765. The predicted molar refractivity (Wildman–Crippen MR) is 131 cm³/mol. The van der Waals surface area contributed by atoms with E-state index in [9.17, 15) is 14.0 Å². The first-order chi connectivity index (χ1) is 16.2. The van der Waals surface area contributed by atoms with Crippen LogP contribution in [0.2, 0.25) is 0 Å². The Morgan fingerprint density at radius 2 is 1.71 bits per heavy atom. The third-order valence-corrected chi connectivity index (χ3v) is 5.22. The Balaban J connectivity index is 1.87. The normalized spacial score (nSPS) is 10.7. The Labute approximate surface area is 197 Å². The molecule has 3 rings (SSSR count). The Kier molecular flexibility index (Phi) is 7.70. The number of ether oxygens (including phenoxy) is 1. The highest BCUT2D eigenvalue weighted by atomic mass is 19.1. The lowest BCUT2D eigenvalue weighted by atomic mass is 10.0. The van der Waals surface area contributed by atoms with Crippen LogP contribution < -0.4 is 21.1 Å². The minimum Gasteiger partial charge on any atom is -0.494 e. The van der Waals surface area contributed by atoms with Crippen molar-refractivity contribution in [1.29, 1.82) is 0 Å². The largest absolute Gasteiger partial charge is 0.494 e. The summed E-state index contributed by atoms with van der Waals surface area (Å²) in [7, 11) is 5.21. The fourth-order valence-corrected chi connectivity index (χ4v) is 3.41. The number of carbonyl (C=O) groups excluding carboxylic acids is 1. The van der Waals surface area contributed by atoms with E-state index in [0.29, 0.717) is 52.3 Å². The molecular weight excluding hydrogens is 439 g/mol. The highest BCUT2D eigenvalue weighted by Crippen LogP contribution is 2.30. The molecule has 0 bridgehead atoms. The van der Waals surface area contributed by atoms with Gasteiger partial charge in [-0.2, -0.15) is 0 Å². The van der Waals surface area contributed by atoms with Crippen molar-refractivity contribution in [2.45, 2.75) is 6.42 Å². The number of amides is 2. The molecule has 0 aliphatic carbocycles. The number of likely N-dealkylation sites (N-methyl/N-ethyl adjacent to an activating group) is 1. The molecule has 34 heavy (non-hydrogen) atoms. The molecule has 0 saturated heterocycles. The summed E-state index contributed by atoms with van der Waals surface area (Å²) in [4.78, 5) is 26.1. The van der Waals surface area contributed by atoms with Crippen molar-refractivity contribution in [1.82, 2.24) is 4.90 Å². The van der Waals surface area contributed by atoms with Crippen molar-refractivity contribution in [3.05, 3.63) is 71.5 Å². The Bertz CT molecular complexity index is 1210. The van der Waals surface area contributed by atoms with Gasteiger partial charge in [-0.3, -0.25) is 10.1 Å². The fraction of sp³-hybridized carbons (Fsp3) is 0.200. The van der Waals surface area contributed by atoms with E-state index in [0.717, 1.165) is 0 Å². The van der Waals surface area contributed by atoms with Crippen LogP contribution in [0, 0.1) is 5.82 Å². The van der Waals surface area contributed by atoms with Gasteiger partial charge < -0.3 is 25.8 Å². The molecule has 0 atom stereocenters. The average Bonchev–Trinajstić information content (AvgIpc) is 2.79. The van der Waals surface area contributed by atoms with Crippen LogP contribution in [0.25, 0.3) is 11.1 Å². The Morgan fingerprint density at radius 3 is 2.35 bits per heavy atom. The number of rotatable bonds is 8. The number of carbonyl (C=O) groups is 2. The molecule has 5 N–H and O–H groups in total. The van der Waals surface area contributed by atoms with E-state index < -0.39 is 17.8 Å². The number of anilines is 3. The van der Waals surface area contributed by atoms with Crippen LogP contribution in [-0.2, 0) is 6.42 Å². The number of nitrogens with two attached hydrogens (primary N) is 1. The molecule has 8 nitrogen and oxygen atoms in total. The maximum atomic E-state index is 14.1. The van der Waals surface area contributed by atoms with Crippen LogP contribution >= 0.6 is 0 Å². The van der Waals surface area contributed by atoms with Gasteiger partial charge >= 0.3 is 6.09 Å². The number of hydrogen-bond donors (Lipinski definition) is 4. The number of carboxylic acid groups (broad SMARTS) is 1. The molecule has 0 aliphatic rings. The lowest BCUT2D eigenvalue weighted by Crippen LogP contribution is -2.18. The average molecular weight is 467 g/mol. The van der Waals surface area contributed by atoms with Crippen LogP contribution in [0.3, 0.4) is 0 Å². The fourth-order valence-electron chi connectivity index (χ4n) is 3.41. The van der Waals surface area contributed by atoms with Crippen molar-refractivity contribution < 1.29 is 23.8 Å². The maximum absolute atomic E-state index is 14.1. The van der Waals surface area contributed by atoms with E-state index >= 15 is 0 Å². The number of benzene rings is 3. The quantitative estimate of drug-likeness (QED) is 0.363. The minimum atomic E-state index is -1.18. The predicted octanol–water partition coefficient (Wildman–Crippen LogP) is 4.53. The Hall–Kier alpha value is -4.11. The molecule has 0 spiro atoms. The van der Waals surface area contributed by atoms with E-state index in [-0.39, 0.29) is 5.75 Å². The van der Waals surface area contributed by atoms with Gasteiger partial charge in [-0.15, -0.1) is 0 Å². The van der Waals surface area contributed by atoms with Crippen LogP contribution in [0.4, 0.5) is 26.2 Å². The van der Waals surface area contributed by atoms with Gasteiger partial charge in [0.25, 0.3) is 5.91 Å². The number of halogens is 1. The van der Waals surface area contributed by atoms with Crippen molar-refractivity contribution in [3.63, 3.8) is 0 Å². The van der Waals surface area contributed by atoms with E-state index in [4.69, 9.17) is 15.6 Å². The maximum Gasteiger partial charge on any atom is 0.409 e. The molecule has 0 unspecified atom stereocenters. The lowest BCUT2D eigenvalue weighted by Gasteiger charge is -2.15. The molecule has 2 amide bonds. The molecule has 0 aliphatic heterocycles. The van der Waals surface area contributed by atoms with Crippen LogP contribution in [0.1, 0.15) is 15.9 Å². The second kappa shape index (κ2) is 10.7. The molecule has 0 fully saturated rings. The third-order valence-electron chi connectivity index (χ3n) is 5.22. The van der Waals surface area contributed by atoms with Gasteiger partial charge in [0.2, 0.25) is 0 Å². The molecule has 0 heterocycles. The second-order valence-corrected chi connectivity index (χ2v) is 7.96. The first-order valence-corrected chi connectivity index (χ1v) is 10.5. The second-order valence-electron chi connectivity index (χ2n) is 7.96. The van der Waals surface area contributed by atoms with Crippen molar-refractivity contribution in [2.75, 3.05) is 44.1 Å². The summed E-state index contributed by atoms with van der Waals surface area (Å²) >= 11 is 0. The molecule has 9 heteroatoms. The highest BCUT2D eigenvalue weighted by molar-refractivity contribution is 6.06. The minimum absolute atomic E-state index is 0.138. The third kappa shape index (κ3) is 6.02. The molecule has 0 radical (unpaired) electrons. The molecule has 3 aromatic carbocycles. The van der Waals surface area contributed by atoms with Crippen LogP contribution in [0.5, 0.6) is 5.75 Å². The zero-order valence-corrected chi connectivity index (χ0v) is 19.2. The molecule has 178 valence electrons. The van der Waals surface area contributed by atoms with Crippen molar-refractivity contribution in [3.8, 4) is 16.9 Å². The summed E-state index contributed by atoms with van der Waals surface area (Å²) in [6, 6.07) is 14.4. The first kappa shape index (κ1) is 24.5. The zero-order chi connectivity index (χ0) is 24.8. The van der Waals surface area contributed by atoms with E-state index in [2.05, 4.69) is 10.6 Å². The van der Waals surface area contributed by atoms with E-state index in [1.807, 2.05) is 19.0 Å². The number of hydrogen-bond acceptors (Lipinski definition) is 5. The van der Waals surface area contributed by atoms with Crippen LogP contribution in [-0.4, -0.2) is 49.8 Å². The molecular formula is C25H27FN4O4. The van der Waals surface area contributed by atoms with Crippen molar-refractivity contribution >= 4 is 29.1 Å². The standard InChI is InChI=1S/C25H27FN4O4/c1-30(2)11-10-17-12-18(5-8-21(17)29-25(32)33)24(31)28-22-14-16(4-7-20(22)27)15-6-9-23(34-3)19(26)13-15/h4-9,12-14,29H,10-11,27H2,1-3H3,(H,28,31)(H,32,33). The van der Waals surface area contributed by atoms with Gasteiger partial charge in [0.1, 0.15) is 0 Å². The van der Waals surface area contributed by atoms with Gasteiger partial charge in [-0.1, -0.05) is 12.1 Å². The van der Waals surface area contributed by atoms with Gasteiger partial charge in [0, 0.05) is 17.8 Å². The Morgan fingerprint density at radius 1 is 1.00 bits per heavy atom. The topological polar surface area (TPSA) is 117 Å². The lowest BCUT2D eigenvalue weighted by molar-refractivity contribution is 0.102. The number of nitrogens with one attached hydrogen (secondary N) is 2. The van der Waals surface area contributed by atoms with E-state index in [1.165, 1.54) is 19.2 Å². The van der Waals surface area contributed by atoms with Gasteiger partial charge in [0.15, 0.2) is 11.6 Å². The smallest absolute Gasteiger partial charge is 0.409 e. The van der Waals surface area contributed by atoms with Gasteiger partial charge in [0.05, 0.1) is 18.5 Å². The van der Waals surface area contributed by atoms with E-state index in [1.54, 1.807) is 42.5 Å². The highest BCUT2D eigenvalue weighted by Gasteiger charge is 2.14. The molecule has 3 aromatic rings. The first-order valence-electron chi connectivity index (χ1n) is 10.5. The summed E-state index contributed by atoms with van der Waals surface area (Å²) < 4.78 is 19.1. The molecule has 0 saturated carbocycles.